The zero-order valence-electron chi connectivity index (χ0n) is 18.7. The molecule has 5 heteroatoms. The number of aryl methyl sites for hydroxylation is 1. The predicted molar refractivity (Wildman–Crippen MR) is 128 cm³/mol. The molecule has 1 fully saturated rings. The lowest BCUT2D eigenvalue weighted by molar-refractivity contribution is 0.0943. The van der Waals surface area contributed by atoms with Crippen molar-refractivity contribution in [3.05, 3.63) is 35.4 Å². The summed E-state index contributed by atoms with van der Waals surface area (Å²) in [6.45, 7) is 2.27. The molecule has 168 valence electrons. The number of carbonyl (C=O) groups excluding carboxylic acids is 1. The highest BCUT2D eigenvalue weighted by Gasteiger charge is 2.48. The standard InChI is InChI=1S/C25H40ClN3O/c1-2-3-4-5-6-7-8-9-10-11-12-13-14-21-15-17-22(18-16-21)23(30)28-25(19-20-25)24(27)29-26/h15-18H,2-14,19-20H2,1H3,(H2,27,29)(H,28,30). The number of amides is 1. The fraction of sp³-hybridized carbons (Fsp3) is 0.680. The van der Waals surface area contributed by atoms with Gasteiger partial charge in [-0.1, -0.05) is 89.7 Å². The van der Waals surface area contributed by atoms with Gasteiger partial charge in [0.25, 0.3) is 5.91 Å². The number of benzene rings is 1. The molecule has 0 spiro atoms. The number of nitrogens with one attached hydrogen (secondary N) is 1. The Labute approximate surface area is 188 Å². The molecule has 0 saturated heterocycles. The van der Waals surface area contributed by atoms with Crippen LogP contribution in [-0.2, 0) is 6.42 Å². The quantitative estimate of drug-likeness (QED) is 0.173. The number of hydrogen-bond acceptors (Lipinski definition) is 2. The molecule has 2 rings (SSSR count). The lowest BCUT2D eigenvalue weighted by atomic mass is 10.0. The van der Waals surface area contributed by atoms with Crippen LogP contribution in [0, 0.1) is 0 Å². The van der Waals surface area contributed by atoms with Gasteiger partial charge in [0.15, 0.2) is 0 Å². The summed E-state index contributed by atoms with van der Waals surface area (Å²) in [6, 6.07) is 7.92. The summed E-state index contributed by atoms with van der Waals surface area (Å²) in [6.07, 6.45) is 19.1. The average molecular weight is 434 g/mol. The van der Waals surface area contributed by atoms with Gasteiger partial charge in [0.2, 0.25) is 0 Å². The number of hydrogen-bond donors (Lipinski definition) is 2. The molecule has 30 heavy (non-hydrogen) atoms. The van der Waals surface area contributed by atoms with E-state index in [1.807, 2.05) is 12.1 Å². The number of nitrogens with two attached hydrogens (primary N) is 1. The Morgan fingerprint density at radius 1 is 0.933 bits per heavy atom. The molecule has 0 unspecified atom stereocenters. The fourth-order valence-corrected chi connectivity index (χ4v) is 4.10. The van der Waals surface area contributed by atoms with Crippen LogP contribution in [0.1, 0.15) is 113 Å². The number of amidine groups is 1. The van der Waals surface area contributed by atoms with Crippen LogP contribution in [0.4, 0.5) is 0 Å². The molecule has 4 nitrogen and oxygen atoms in total. The maximum atomic E-state index is 12.4. The fourth-order valence-electron chi connectivity index (χ4n) is 3.93. The topological polar surface area (TPSA) is 67.5 Å². The van der Waals surface area contributed by atoms with Crippen LogP contribution < -0.4 is 11.1 Å². The number of rotatable bonds is 16. The highest BCUT2D eigenvalue weighted by Crippen LogP contribution is 2.36. The van der Waals surface area contributed by atoms with Gasteiger partial charge < -0.3 is 11.1 Å². The molecule has 1 aliphatic carbocycles. The van der Waals surface area contributed by atoms with Crippen molar-refractivity contribution in [2.24, 2.45) is 10.2 Å². The van der Waals surface area contributed by atoms with Crippen LogP contribution >= 0.6 is 11.8 Å². The first kappa shape index (κ1) is 24.7. The highest BCUT2D eigenvalue weighted by molar-refractivity contribution is 6.21. The zero-order valence-corrected chi connectivity index (χ0v) is 19.5. The Kier molecular flexibility index (Phi) is 11.3. The number of carbonyl (C=O) groups is 1. The van der Waals surface area contributed by atoms with Gasteiger partial charge >= 0.3 is 0 Å². The molecule has 1 aromatic carbocycles. The van der Waals surface area contributed by atoms with Gasteiger partial charge in [0.1, 0.15) is 5.84 Å². The second kappa shape index (κ2) is 13.7. The van der Waals surface area contributed by atoms with Crippen molar-refractivity contribution in [3.8, 4) is 0 Å². The lowest BCUT2D eigenvalue weighted by Crippen LogP contribution is -2.46. The normalized spacial score (nSPS) is 15.2. The van der Waals surface area contributed by atoms with E-state index in [-0.39, 0.29) is 5.91 Å². The average Bonchev–Trinajstić information content (AvgIpc) is 3.55. The zero-order chi connectivity index (χ0) is 21.7. The molecular formula is C25H40ClN3O. The largest absolute Gasteiger partial charge is 0.384 e. The third kappa shape index (κ3) is 8.67. The molecule has 0 atom stereocenters. The Bertz CT molecular complexity index is 653. The van der Waals surface area contributed by atoms with E-state index in [0.29, 0.717) is 11.4 Å². The van der Waals surface area contributed by atoms with E-state index >= 15 is 0 Å². The van der Waals surface area contributed by atoms with Gasteiger partial charge in [-0.15, -0.1) is 0 Å². The molecule has 1 aliphatic rings. The van der Waals surface area contributed by atoms with Crippen molar-refractivity contribution < 1.29 is 4.79 Å². The third-order valence-corrected chi connectivity index (χ3v) is 6.40. The van der Waals surface area contributed by atoms with E-state index in [1.165, 1.54) is 82.6 Å². The summed E-state index contributed by atoms with van der Waals surface area (Å²) in [5.74, 6) is 0.175. The van der Waals surface area contributed by atoms with Crippen LogP contribution in [-0.4, -0.2) is 17.3 Å². The summed E-state index contributed by atoms with van der Waals surface area (Å²) in [4.78, 5) is 12.4. The van der Waals surface area contributed by atoms with E-state index in [4.69, 9.17) is 17.5 Å². The number of nitrogens with zero attached hydrogens (tertiary/aromatic N) is 1. The summed E-state index contributed by atoms with van der Waals surface area (Å²) >= 11 is 5.46. The smallest absolute Gasteiger partial charge is 0.252 e. The van der Waals surface area contributed by atoms with Crippen molar-refractivity contribution in [2.45, 2.75) is 109 Å². The van der Waals surface area contributed by atoms with Gasteiger partial charge in [-0.05, 0) is 43.4 Å². The molecule has 1 aromatic rings. The van der Waals surface area contributed by atoms with E-state index in [2.05, 4.69) is 28.9 Å². The first-order valence-electron chi connectivity index (χ1n) is 12.0. The van der Waals surface area contributed by atoms with Crippen molar-refractivity contribution in [3.63, 3.8) is 0 Å². The Morgan fingerprint density at radius 3 is 1.90 bits per heavy atom. The van der Waals surface area contributed by atoms with Gasteiger partial charge in [0, 0.05) is 17.3 Å². The molecule has 0 radical (unpaired) electrons. The van der Waals surface area contributed by atoms with Crippen LogP contribution in [0.15, 0.2) is 28.8 Å². The third-order valence-electron chi connectivity index (χ3n) is 6.22. The van der Waals surface area contributed by atoms with E-state index in [0.717, 1.165) is 19.3 Å². The van der Waals surface area contributed by atoms with E-state index < -0.39 is 5.54 Å². The molecular weight excluding hydrogens is 394 g/mol. The molecule has 0 heterocycles. The molecule has 0 aromatic heterocycles. The van der Waals surface area contributed by atoms with Crippen molar-refractivity contribution in [2.75, 3.05) is 0 Å². The summed E-state index contributed by atoms with van der Waals surface area (Å²) in [5, 5.41) is 2.97. The minimum absolute atomic E-state index is 0.118. The van der Waals surface area contributed by atoms with Gasteiger partial charge in [0.05, 0.1) is 5.54 Å². The first-order valence-corrected chi connectivity index (χ1v) is 12.3. The van der Waals surface area contributed by atoms with Crippen LogP contribution in [0.3, 0.4) is 0 Å². The summed E-state index contributed by atoms with van der Waals surface area (Å²) in [5.41, 5.74) is 7.22. The molecule has 0 aliphatic heterocycles. The van der Waals surface area contributed by atoms with Crippen molar-refractivity contribution in [1.29, 1.82) is 0 Å². The summed E-state index contributed by atoms with van der Waals surface area (Å²) in [7, 11) is 0. The van der Waals surface area contributed by atoms with E-state index in [1.54, 1.807) is 0 Å². The SMILES string of the molecule is CCCCCCCCCCCCCCc1ccc(C(=O)NC2(/C(N)=N/Cl)CC2)cc1. The Balaban J connectivity index is 1.53. The van der Waals surface area contributed by atoms with Crippen LogP contribution in [0.5, 0.6) is 0 Å². The molecule has 0 bridgehead atoms. The van der Waals surface area contributed by atoms with Gasteiger partial charge in [-0.2, -0.15) is 4.51 Å². The summed E-state index contributed by atoms with van der Waals surface area (Å²) < 4.78 is 3.52. The van der Waals surface area contributed by atoms with Crippen LogP contribution in [0.2, 0.25) is 0 Å². The van der Waals surface area contributed by atoms with Crippen LogP contribution in [0.25, 0.3) is 0 Å². The number of halogens is 1. The highest BCUT2D eigenvalue weighted by atomic mass is 35.5. The molecule has 3 N–H and O–H groups in total. The van der Waals surface area contributed by atoms with Gasteiger partial charge in [-0.3, -0.25) is 4.79 Å². The van der Waals surface area contributed by atoms with Gasteiger partial charge in [-0.25, -0.2) is 0 Å². The van der Waals surface area contributed by atoms with E-state index in [9.17, 15) is 4.79 Å². The Hall–Kier alpha value is -1.55. The molecule has 1 saturated carbocycles. The Morgan fingerprint density at radius 2 is 1.43 bits per heavy atom. The lowest BCUT2D eigenvalue weighted by Gasteiger charge is -2.16. The monoisotopic (exact) mass is 433 g/mol. The second-order valence-corrected chi connectivity index (χ2v) is 9.01. The second-order valence-electron chi connectivity index (χ2n) is 8.84. The minimum Gasteiger partial charge on any atom is -0.384 e. The van der Waals surface area contributed by atoms with Crippen molar-refractivity contribution in [1.82, 2.24) is 5.32 Å². The maximum Gasteiger partial charge on any atom is 0.252 e. The number of unbranched alkanes of at least 4 members (excludes halogenated alkanes) is 11. The maximum absolute atomic E-state index is 12.4. The predicted octanol–water partition coefficient (Wildman–Crippen LogP) is 6.70. The molecule has 1 amide bonds. The van der Waals surface area contributed by atoms with Crippen molar-refractivity contribution >= 4 is 23.5 Å². The minimum atomic E-state index is -0.535. The first-order chi connectivity index (χ1) is 14.6.